The van der Waals surface area contributed by atoms with E-state index < -0.39 is 0 Å². The molecule has 1 saturated heterocycles. The van der Waals surface area contributed by atoms with Crippen molar-refractivity contribution in [3.8, 4) is 6.07 Å². The van der Waals surface area contributed by atoms with Crippen molar-refractivity contribution in [3.05, 3.63) is 23.9 Å². The van der Waals surface area contributed by atoms with E-state index in [4.69, 9.17) is 11.0 Å². The summed E-state index contributed by atoms with van der Waals surface area (Å²) in [6.45, 7) is 3.05. The SMILES string of the molecule is CC(N)C1CCCCN1c1ccc(C#N)cn1. The third-order valence-corrected chi connectivity index (χ3v) is 3.33. The van der Waals surface area contributed by atoms with E-state index in [1.54, 1.807) is 6.20 Å². The second-order valence-corrected chi connectivity index (χ2v) is 4.63. The van der Waals surface area contributed by atoms with E-state index in [-0.39, 0.29) is 6.04 Å². The van der Waals surface area contributed by atoms with E-state index in [0.717, 1.165) is 18.8 Å². The summed E-state index contributed by atoms with van der Waals surface area (Å²) in [4.78, 5) is 6.63. The molecule has 4 heteroatoms. The van der Waals surface area contributed by atoms with Crippen LogP contribution in [0.2, 0.25) is 0 Å². The van der Waals surface area contributed by atoms with Gasteiger partial charge in [-0.05, 0) is 38.3 Å². The Morgan fingerprint density at radius 1 is 1.53 bits per heavy atom. The monoisotopic (exact) mass is 230 g/mol. The second-order valence-electron chi connectivity index (χ2n) is 4.63. The number of pyridine rings is 1. The largest absolute Gasteiger partial charge is 0.352 e. The number of anilines is 1. The lowest BCUT2D eigenvalue weighted by molar-refractivity contribution is 0.411. The van der Waals surface area contributed by atoms with Crippen LogP contribution in [0.3, 0.4) is 0 Å². The molecule has 0 radical (unpaired) electrons. The van der Waals surface area contributed by atoms with Crippen molar-refractivity contribution < 1.29 is 0 Å². The Morgan fingerprint density at radius 3 is 2.94 bits per heavy atom. The van der Waals surface area contributed by atoms with Gasteiger partial charge in [0, 0.05) is 24.8 Å². The first-order chi connectivity index (χ1) is 8.22. The van der Waals surface area contributed by atoms with Gasteiger partial charge in [0.15, 0.2) is 0 Å². The molecule has 2 rings (SSSR count). The Hall–Kier alpha value is -1.60. The van der Waals surface area contributed by atoms with Gasteiger partial charge in [0.2, 0.25) is 0 Å². The van der Waals surface area contributed by atoms with Crippen LogP contribution in [0.1, 0.15) is 31.7 Å². The Balaban J connectivity index is 2.21. The van der Waals surface area contributed by atoms with Crippen LogP contribution in [0.15, 0.2) is 18.3 Å². The summed E-state index contributed by atoms with van der Waals surface area (Å²) < 4.78 is 0. The van der Waals surface area contributed by atoms with Crippen molar-refractivity contribution in [2.24, 2.45) is 5.73 Å². The molecule has 2 atom stereocenters. The van der Waals surface area contributed by atoms with E-state index in [2.05, 4.69) is 16.0 Å². The van der Waals surface area contributed by atoms with Crippen molar-refractivity contribution in [2.75, 3.05) is 11.4 Å². The van der Waals surface area contributed by atoms with Gasteiger partial charge in [-0.2, -0.15) is 5.26 Å². The molecule has 0 bridgehead atoms. The maximum Gasteiger partial charge on any atom is 0.128 e. The molecule has 0 aliphatic carbocycles. The van der Waals surface area contributed by atoms with Gasteiger partial charge in [-0.1, -0.05) is 0 Å². The zero-order chi connectivity index (χ0) is 12.3. The smallest absolute Gasteiger partial charge is 0.128 e. The molecular formula is C13H18N4. The minimum Gasteiger partial charge on any atom is -0.352 e. The Kier molecular flexibility index (Phi) is 3.60. The fraction of sp³-hybridized carbons (Fsp3) is 0.538. The quantitative estimate of drug-likeness (QED) is 0.839. The highest BCUT2D eigenvalue weighted by Crippen LogP contribution is 2.24. The summed E-state index contributed by atoms with van der Waals surface area (Å²) in [6.07, 6.45) is 5.17. The maximum atomic E-state index is 8.76. The first kappa shape index (κ1) is 11.9. The Labute approximate surface area is 102 Å². The minimum absolute atomic E-state index is 0.146. The number of rotatable bonds is 2. The van der Waals surface area contributed by atoms with Crippen molar-refractivity contribution in [3.63, 3.8) is 0 Å². The predicted octanol–water partition coefficient (Wildman–Crippen LogP) is 1.66. The summed E-state index contributed by atoms with van der Waals surface area (Å²) >= 11 is 0. The topological polar surface area (TPSA) is 65.9 Å². The van der Waals surface area contributed by atoms with Gasteiger partial charge in [0.05, 0.1) is 5.56 Å². The van der Waals surface area contributed by atoms with Gasteiger partial charge in [0.25, 0.3) is 0 Å². The molecule has 0 spiro atoms. The molecule has 2 N–H and O–H groups in total. The normalized spacial score (nSPS) is 21.9. The molecule has 90 valence electrons. The third kappa shape index (κ3) is 2.56. The molecule has 1 fully saturated rings. The summed E-state index contributed by atoms with van der Waals surface area (Å²) in [6, 6.07) is 6.33. The summed E-state index contributed by atoms with van der Waals surface area (Å²) in [5, 5.41) is 8.76. The lowest BCUT2D eigenvalue weighted by atomic mass is 9.97. The molecule has 0 saturated carbocycles. The second kappa shape index (κ2) is 5.15. The number of aromatic nitrogens is 1. The molecule has 1 aromatic heterocycles. The van der Waals surface area contributed by atoms with Crippen molar-refractivity contribution >= 4 is 5.82 Å². The number of piperidine rings is 1. The molecule has 1 aliphatic heterocycles. The zero-order valence-electron chi connectivity index (χ0n) is 10.1. The first-order valence-electron chi connectivity index (χ1n) is 6.11. The molecule has 0 aromatic carbocycles. The molecule has 4 nitrogen and oxygen atoms in total. The summed E-state index contributed by atoms with van der Waals surface area (Å²) in [5.74, 6) is 0.936. The molecular weight excluding hydrogens is 212 g/mol. The number of hydrogen-bond acceptors (Lipinski definition) is 4. The molecule has 17 heavy (non-hydrogen) atoms. The molecule has 2 heterocycles. The average molecular weight is 230 g/mol. The van der Waals surface area contributed by atoms with Crippen molar-refractivity contribution in [1.29, 1.82) is 5.26 Å². The van der Waals surface area contributed by atoms with Gasteiger partial charge in [-0.25, -0.2) is 4.98 Å². The average Bonchev–Trinajstić information content (AvgIpc) is 2.39. The van der Waals surface area contributed by atoms with E-state index in [9.17, 15) is 0 Å². The Morgan fingerprint density at radius 2 is 2.35 bits per heavy atom. The minimum atomic E-state index is 0.146. The fourth-order valence-electron chi connectivity index (χ4n) is 2.41. The van der Waals surface area contributed by atoms with Crippen LogP contribution in [-0.4, -0.2) is 23.6 Å². The highest BCUT2D eigenvalue weighted by Gasteiger charge is 2.26. The summed E-state index contributed by atoms with van der Waals surface area (Å²) in [5.41, 5.74) is 6.63. The van der Waals surface area contributed by atoms with Crippen LogP contribution in [-0.2, 0) is 0 Å². The van der Waals surface area contributed by atoms with Gasteiger partial charge >= 0.3 is 0 Å². The Bertz CT molecular complexity index is 404. The van der Waals surface area contributed by atoms with Crippen LogP contribution in [0.5, 0.6) is 0 Å². The van der Waals surface area contributed by atoms with Gasteiger partial charge in [-0.3, -0.25) is 0 Å². The molecule has 2 unspecified atom stereocenters. The standard InChI is InChI=1S/C13H18N4/c1-10(15)12-4-2-3-7-17(12)13-6-5-11(8-14)9-16-13/h5-6,9-10,12H,2-4,7,15H2,1H3. The van der Waals surface area contributed by atoms with Crippen LogP contribution < -0.4 is 10.6 Å². The molecule has 1 aromatic rings. The zero-order valence-corrected chi connectivity index (χ0v) is 10.1. The highest BCUT2D eigenvalue weighted by atomic mass is 15.2. The predicted molar refractivity (Wildman–Crippen MR) is 67.6 cm³/mol. The number of hydrogen-bond donors (Lipinski definition) is 1. The van der Waals surface area contributed by atoms with E-state index in [1.165, 1.54) is 12.8 Å². The number of nitriles is 1. The third-order valence-electron chi connectivity index (χ3n) is 3.33. The molecule has 0 amide bonds. The van der Waals surface area contributed by atoms with Crippen LogP contribution in [0, 0.1) is 11.3 Å². The van der Waals surface area contributed by atoms with Gasteiger partial charge < -0.3 is 10.6 Å². The number of nitrogens with zero attached hydrogens (tertiary/aromatic N) is 3. The van der Waals surface area contributed by atoms with Gasteiger partial charge in [-0.15, -0.1) is 0 Å². The van der Waals surface area contributed by atoms with Crippen LogP contribution in [0.4, 0.5) is 5.82 Å². The van der Waals surface area contributed by atoms with Crippen molar-refractivity contribution in [2.45, 2.75) is 38.3 Å². The maximum absolute atomic E-state index is 8.76. The van der Waals surface area contributed by atoms with Gasteiger partial charge in [0.1, 0.15) is 11.9 Å². The first-order valence-corrected chi connectivity index (χ1v) is 6.11. The van der Waals surface area contributed by atoms with Crippen LogP contribution in [0.25, 0.3) is 0 Å². The highest BCUT2D eigenvalue weighted by molar-refractivity contribution is 5.43. The van der Waals surface area contributed by atoms with Crippen LogP contribution >= 0.6 is 0 Å². The summed E-state index contributed by atoms with van der Waals surface area (Å²) in [7, 11) is 0. The molecule has 1 aliphatic rings. The van der Waals surface area contributed by atoms with E-state index in [1.807, 2.05) is 19.1 Å². The van der Waals surface area contributed by atoms with E-state index in [0.29, 0.717) is 11.6 Å². The van der Waals surface area contributed by atoms with Crippen molar-refractivity contribution in [1.82, 2.24) is 4.98 Å². The fourth-order valence-corrected chi connectivity index (χ4v) is 2.41. The van der Waals surface area contributed by atoms with E-state index >= 15 is 0 Å². The number of nitrogens with two attached hydrogens (primary N) is 1. The lowest BCUT2D eigenvalue weighted by Crippen LogP contribution is -2.49. The lowest BCUT2D eigenvalue weighted by Gasteiger charge is -2.38.